The monoisotopic (exact) mass is 435 g/mol. The Kier molecular flexibility index (Phi) is 6.94. The summed E-state index contributed by atoms with van der Waals surface area (Å²) in [4.78, 5) is 12.5. The number of anilines is 2. The van der Waals surface area contributed by atoms with Gasteiger partial charge in [0, 0.05) is 24.5 Å². The average Bonchev–Trinajstić information content (AvgIpc) is 2.74. The van der Waals surface area contributed by atoms with Crippen LogP contribution in [0.15, 0.2) is 47.4 Å². The Morgan fingerprint density at radius 2 is 1.83 bits per heavy atom. The number of hydrogen-bond acceptors (Lipinski definition) is 5. The zero-order valence-corrected chi connectivity index (χ0v) is 17.8. The van der Waals surface area contributed by atoms with E-state index in [0.29, 0.717) is 24.5 Å². The molecule has 30 heavy (non-hydrogen) atoms. The first kappa shape index (κ1) is 22.0. The van der Waals surface area contributed by atoms with E-state index >= 15 is 0 Å². The number of nitrogens with zero attached hydrogens (tertiary/aromatic N) is 1. The molecule has 0 radical (unpaired) electrons. The summed E-state index contributed by atoms with van der Waals surface area (Å²) in [6, 6.07) is 9.62. The van der Waals surface area contributed by atoms with Crippen molar-refractivity contribution in [3.63, 3.8) is 0 Å². The van der Waals surface area contributed by atoms with Crippen molar-refractivity contribution in [2.24, 2.45) is 0 Å². The van der Waals surface area contributed by atoms with Crippen LogP contribution in [-0.4, -0.2) is 44.9 Å². The minimum atomic E-state index is -3.71. The van der Waals surface area contributed by atoms with Gasteiger partial charge in [-0.2, -0.15) is 4.31 Å². The molecule has 1 unspecified atom stereocenters. The predicted octanol–water partition coefficient (Wildman–Crippen LogP) is 3.45. The third-order valence-corrected chi connectivity index (χ3v) is 6.88. The van der Waals surface area contributed by atoms with Crippen molar-refractivity contribution in [2.45, 2.75) is 37.1 Å². The van der Waals surface area contributed by atoms with Gasteiger partial charge in [-0.3, -0.25) is 4.79 Å². The molecule has 7 nitrogen and oxygen atoms in total. The van der Waals surface area contributed by atoms with Crippen LogP contribution in [-0.2, 0) is 14.8 Å². The average molecular weight is 436 g/mol. The molecule has 9 heteroatoms. The van der Waals surface area contributed by atoms with Gasteiger partial charge in [0.15, 0.2) is 0 Å². The van der Waals surface area contributed by atoms with Crippen LogP contribution in [0.3, 0.4) is 0 Å². The van der Waals surface area contributed by atoms with Gasteiger partial charge in [0.25, 0.3) is 0 Å². The van der Waals surface area contributed by atoms with Crippen LogP contribution >= 0.6 is 0 Å². The van der Waals surface area contributed by atoms with Gasteiger partial charge < -0.3 is 15.4 Å². The van der Waals surface area contributed by atoms with E-state index in [2.05, 4.69) is 10.6 Å². The molecule has 3 rings (SSSR count). The Morgan fingerprint density at radius 1 is 1.10 bits per heavy atom. The third kappa shape index (κ3) is 5.09. The second-order valence-corrected chi connectivity index (χ2v) is 9.10. The third-order valence-electron chi connectivity index (χ3n) is 4.97. The summed E-state index contributed by atoms with van der Waals surface area (Å²) in [6.45, 7) is 2.60. The summed E-state index contributed by atoms with van der Waals surface area (Å²) in [5, 5.41) is 5.63. The van der Waals surface area contributed by atoms with E-state index in [1.807, 2.05) is 0 Å². The van der Waals surface area contributed by atoms with E-state index in [1.165, 1.54) is 35.7 Å². The van der Waals surface area contributed by atoms with Crippen molar-refractivity contribution < 1.29 is 22.3 Å². The van der Waals surface area contributed by atoms with Gasteiger partial charge in [0.05, 0.1) is 7.11 Å². The van der Waals surface area contributed by atoms with Crippen LogP contribution in [0.1, 0.15) is 26.2 Å². The lowest BCUT2D eigenvalue weighted by atomic mass is 10.2. The summed E-state index contributed by atoms with van der Waals surface area (Å²) in [5.41, 5.74) is 0.810. The quantitative estimate of drug-likeness (QED) is 0.696. The number of halogens is 1. The molecule has 1 atom stereocenters. The molecule has 2 aromatic rings. The molecule has 2 aromatic carbocycles. The topological polar surface area (TPSA) is 87.7 Å². The first-order chi connectivity index (χ1) is 14.3. The highest BCUT2D eigenvalue weighted by Crippen LogP contribution is 2.31. The fourth-order valence-corrected chi connectivity index (χ4v) is 5.04. The van der Waals surface area contributed by atoms with Crippen LogP contribution in [0.4, 0.5) is 15.8 Å². The number of sulfonamides is 1. The Labute approximate surface area is 176 Å². The lowest BCUT2D eigenvalue weighted by molar-refractivity contribution is -0.116. The van der Waals surface area contributed by atoms with Gasteiger partial charge in [-0.15, -0.1) is 0 Å². The van der Waals surface area contributed by atoms with E-state index in [4.69, 9.17) is 4.74 Å². The highest BCUT2D eigenvalue weighted by atomic mass is 32.2. The number of amides is 1. The van der Waals surface area contributed by atoms with Crippen LogP contribution in [0.25, 0.3) is 0 Å². The fraction of sp³-hybridized carbons (Fsp3) is 0.381. The molecule has 162 valence electrons. The maximum atomic E-state index is 13.3. The lowest BCUT2D eigenvalue weighted by Crippen LogP contribution is -2.36. The Morgan fingerprint density at radius 3 is 2.50 bits per heavy atom. The maximum absolute atomic E-state index is 13.3. The van der Waals surface area contributed by atoms with Crippen LogP contribution in [0, 0.1) is 5.82 Å². The fourth-order valence-electron chi connectivity index (χ4n) is 3.34. The van der Waals surface area contributed by atoms with Gasteiger partial charge in [0.2, 0.25) is 15.9 Å². The first-order valence-corrected chi connectivity index (χ1v) is 11.3. The van der Waals surface area contributed by atoms with Crippen molar-refractivity contribution in [1.29, 1.82) is 0 Å². The van der Waals surface area contributed by atoms with Crippen molar-refractivity contribution in [3.8, 4) is 5.75 Å². The molecule has 0 aliphatic carbocycles. The standard InChI is InChI=1S/C21H26FN3O4S/c1-15(21(26)24-17-8-6-7-16(22)13-17)23-18-9-10-19(29-2)20(14-18)30(27,28)25-11-4-3-5-12-25/h6-10,13-15,23H,3-5,11-12H2,1-2H3,(H,24,26). The van der Waals surface area contributed by atoms with Crippen LogP contribution in [0.2, 0.25) is 0 Å². The highest BCUT2D eigenvalue weighted by Gasteiger charge is 2.29. The molecular weight excluding hydrogens is 409 g/mol. The number of benzene rings is 2. The van der Waals surface area contributed by atoms with Crippen LogP contribution < -0.4 is 15.4 Å². The zero-order chi connectivity index (χ0) is 21.7. The molecule has 0 saturated carbocycles. The second-order valence-electron chi connectivity index (χ2n) is 7.20. The molecule has 0 spiro atoms. The number of piperidine rings is 1. The van der Waals surface area contributed by atoms with E-state index in [9.17, 15) is 17.6 Å². The summed E-state index contributed by atoms with van der Waals surface area (Å²) in [6.07, 6.45) is 2.68. The summed E-state index contributed by atoms with van der Waals surface area (Å²) in [7, 11) is -2.29. The van der Waals surface area contributed by atoms with Gasteiger partial charge in [-0.25, -0.2) is 12.8 Å². The number of methoxy groups -OCH3 is 1. The largest absolute Gasteiger partial charge is 0.495 e. The predicted molar refractivity (Wildman–Crippen MR) is 114 cm³/mol. The molecule has 1 amide bonds. The van der Waals surface area contributed by atoms with E-state index in [0.717, 1.165) is 19.3 Å². The van der Waals surface area contributed by atoms with Gasteiger partial charge >= 0.3 is 0 Å². The SMILES string of the molecule is COc1ccc(NC(C)C(=O)Nc2cccc(F)c2)cc1S(=O)(=O)N1CCCCC1. The number of hydrogen-bond donors (Lipinski definition) is 2. The molecule has 1 aliphatic heterocycles. The molecule has 1 aliphatic rings. The molecule has 2 N–H and O–H groups in total. The molecule has 0 bridgehead atoms. The van der Waals surface area contributed by atoms with Crippen molar-refractivity contribution in [3.05, 3.63) is 48.3 Å². The minimum Gasteiger partial charge on any atom is -0.495 e. The van der Waals surface area contributed by atoms with Gasteiger partial charge in [0.1, 0.15) is 22.5 Å². The maximum Gasteiger partial charge on any atom is 0.246 e. The Hall–Kier alpha value is -2.65. The first-order valence-electron chi connectivity index (χ1n) is 9.82. The lowest BCUT2D eigenvalue weighted by Gasteiger charge is -2.27. The van der Waals surface area contributed by atoms with E-state index < -0.39 is 21.9 Å². The minimum absolute atomic E-state index is 0.0645. The van der Waals surface area contributed by atoms with E-state index in [1.54, 1.807) is 25.1 Å². The molecule has 1 heterocycles. The Balaban J connectivity index is 1.78. The van der Waals surface area contributed by atoms with Crippen LogP contribution in [0.5, 0.6) is 5.75 Å². The normalized spacial score (nSPS) is 16.0. The summed E-state index contributed by atoms with van der Waals surface area (Å²) < 4.78 is 46.3. The van der Waals surface area contributed by atoms with E-state index in [-0.39, 0.29) is 16.6 Å². The number of carbonyl (C=O) groups is 1. The molecule has 0 aromatic heterocycles. The Bertz CT molecular complexity index is 1010. The summed E-state index contributed by atoms with van der Waals surface area (Å²) in [5.74, 6) is -0.573. The zero-order valence-electron chi connectivity index (χ0n) is 17.0. The van der Waals surface area contributed by atoms with Gasteiger partial charge in [-0.1, -0.05) is 12.5 Å². The van der Waals surface area contributed by atoms with Crippen molar-refractivity contribution >= 4 is 27.3 Å². The van der Waals surface area contributed by atoms with Gasteiger partial charge in [-0.05, 0) is 56.2 Å². The number of nitrogens with one attached hydrogen (secondary N) is 2. The highest BCUT2D eigenvalue weighted by molar-refractivity contribution is 7.89. The number of carbonyl (C=O) groups excluding carboxylic acids is 1. The van der Waals surface area contributed by atoms with Crippen molar-refractivity contribution in [1.82, 2.24) is 4.31 Å². The molecule has 1 fully saturated rings. The number of rotatable bonds is 7. The number of ether oxygens (including phenoxy) is 1. The second kappa shape index (κ2) is 9.44. The smallest absolute Gasteiger partial charge is 0.246 e. The summed E-state index contributed by atoms with van der Waals surface area (Å²) >= 11 is 0. The molecule has 1 saturated heterocycles. The van der Waals surface area contributed by atoms with Crippen molar-refractivity contribution in [2.75, 3.05) is 30.8 Å². The molecular formula is C21H26FN3O4S.